The summed E-state index contributed by atoms with van der Waals surface area (Å²) in [5, 5.41) is 4.63. The van der Waals surface area contributed by atoms with Crippen molar-refractivity contribution in [2.75, 3.05) is 16.3 Å². The minimum absolute atomic E-state index is 0. The number of rotatable bonds is 9. The third-order valence-electron chi connectivity index (χ3n) is 13.9. The van der Waals surface area contributed by atoms with Crippen molar-refractivity contribution in [3.63, 3.8) is 0 Å². The molecule has 0 spiro atoms. The topological polar surface area (TPSA) is 38.5 Å². The van der Waals surface area contributed by atoms with Crippen molar-refractivity contribution in [1.29, 1.82) is 0 Å². The van der Waals surface area contributed by atoms with Gasteiger partial charge in [-0.2, -0.15) is 18.8 Å². The summed E-state index contributed by atoms with van der Waals surface area (Å²) in [4.78, 5) is 9.61. The SMILES string of the molecule is CC(C)(C)c1ccnc(-n2c3[c-]c(Oc4[c-]c(N5[CH-]N(CCc6cc(C(C)(C)C)ccc6-c6ccccc6)c6ccccc65)ccc4)ccc3c3c(-n4c5ccccc5c5ccccc54)cccc32)c1.[Pt]. The maximum Gasteiger partial charge on any atom is 0.135 e. The smallest absolute Gasteiger partial charge is 0.135 e. The number of anilines is 3. The zero-order chi connectivity index (χ0) is 47.7. The number of hydrogen-bond donors (Lipinski definition) is 0. The first-order chi connectivity index (χ1) is 34.0. The van der Waals surface area contributed by atoms with Crippen LogP contribution in [0.1, 0.15) is 58.2 Å². The Bertz CT molecular complexity index is 3730. The van der Waals surface area contributed by atoms with Gasteiger partial charge < -0.3 is 23.7 Å². The van der Waals surface area contributed by atoms with Gasteiger partial charge in [-0.1, -0.05) is 156 Å². The summed E-state index contributed by atoms with van der Waals surface area (Å²) < 4.78 is 11.4. The molecular formula is C64H54N5OPt-3. The average Bonchev–Trinajstić information content (AvgIpc) is 4.03. The van der Waals surface area contributed by atoms with Crippen LogP contribution in [0.2, 0.25) is 0 Å². The molecule has 0 unspecified atom stereocenters. The Morgan fingerprint density at radius 2 is 1.17 bits per heavy atom. The van der Waals surface area contributed by atoms with E-state index in [2.05, 4.69) is 243 Å². The van der Waals surface area contributed by atoms with Crippen LogP contribution in [0.15, 0.2) is 188 Å². The molecule has 3 aromatic heterocycles. The monoisotopic (exact) mass is 1100 g/mol. The zero-order valence-corrected chi connectivity index (χ0v) is 43.1. The van der Waals surface area contributed by atoms with Crippen LogP contribution >= 0.6 is 0 Å². The molecule has 0 saturated heterocycles. The molecule has 0 aliphatic carbocycles. The van der Waals surface area contributed by atoms with Crippen molar-refractivity contribution in [1.82, 2.24) is 14.1 Å². The van der Waals surface area contributed by atoms with Crippen molar-refractivity contribution < 1.29 is 25.8 Å². The van der Waals surface area contributed by atoms with E-state index in [9.17, 15) is 0 Å². The van der Waals surface area contributed by atoms with Crippen LogP contribution in [0.4, 0.5) is 17.1 Å². The van der Waals surface area contributed by atoms with E-state index < -0.39 is 0 Å². The zero-order valence-electron chi connectivity index (χ0n) is 40.8. The molecule has 8 aromatic carbocycles. The van der Waals surface area contributed by atoms with Gasteiger partial charge >= 0.3 is 0 Å². The summed E-state index contributed by atoms with van der Waals surface area (Å²) in [5.74, 6) is 2.03. The third-order valence-corrected chi connectivity index (χ3v) is 13.9. The first-order valence-electron chi connectivity index (χ1n) is 24.3. The molecule has 0 atom stereocenters. The van der Waals surface area contributed by atoms with Gasteiger partial charge in [0.1, 0.15) is 5.82 Å². The van der Waals surface area contributed by atoms with Gasteiger partial charge in [0.2, 0.25) is 0 Å². The molecule has 0 N–H and O–H groups in total. The van der Waals surface area contributed by atoms with Gasteiger partial charge in [-0.3, -0.25) is 0 Å². The van der Waals surface area contributed by atoms with Crippen LogP contribution in [0.3, 0.4) is 0 Å². The van der Waals surface area contributed by atoms with Crippen LogP contribution in [-0.4, -0.2) is 20.7 Å². The predicted octanol–water partition coefficient (Wildman–Crippen LogP) is 16.2. The number of para-hydroxylation sites is 4. The largest absolute Gasteiger partial charge is 0.509 e. The van der Waals surface area contributed by atoms with Crippen LogP contribution < -0.4 is 14.5 Å². The molecule has 0 fully saturated rings. The van der Waals surface area contributed by atoms with Gasteiger partial charge in [0, 0.05) is 72.1 Å². The average molecular weight is 1100 g/mol. The number of hydrogen-bond acceptors (Lipinski definition) is 4. The van der Waals surface area contributed by atoms with Gasteiger partial charge in [-0.05, 0) is 106 Å². The Labute approximate surface area is 431 Å². The number of pyridine rings is 1. The van der Waals surface area contributed by atoms with E-state index in [1.165, 1.54) is 38.6 Å². The summed E-state index contributed by atoms with van der Waals surface area (Å²) in [6.07, 6.45) is 2.80. The number of nitrogens with zero attached hydrogens (tertiary/aromatic N) is 5. The molecule has 6 nitrogen and oxygen atoms in total. The Kier molecular flexibility index (Phi) is 11.7. The van der Waals surface area contributed by atoms with Crippen LogP contribution in [-0.2, 0) is 38.3 Å². The molecule has 12 rings (SSSR count). The Morgan fingerprint density at radius 3 is 1.92 bits per heavy atom. The van der Waals surface area contributed by atoms with E-state index in [-0.39, 0.29) is 31.9 Å². The molecule has 11 aromatic rings. The fourth-order valence-electron chi connectivity index (χ4n) is 10.3. The van der Waals surface area contributed by atoms with Crippen molar-refractivity contribution in [3.05, 3.63) is 224 Å². The van der Waals surface area contributed by atoms with Crippen molar-refractivity contribution in [3.8, 4) is 34.1 Å². The maximum absolute atomic E-state index is 6.78. The molecule has 0 amide bonds. The number of fused-ring (bicyclic) bond motifs is 7. The van der Waals surface area contributed by atoms with E-state index in [0.29, 0.717) is 11.5 Å². The summed E-state index contributed by atoms with van der Waals surface area (Å²) >= 11 is 0. The Hall–Kier alpha value is -7.40. The second kappa shape index (κ2) is 18.1. The summed E-state index contributed by atoms with van der Waals surface area (Å²) in [7, 11) is 0. The minimum Gasteiger partial charge on any atom is -0.509 e. The molecule has 0 bridgehead atoms. The predicted molar refractivity (Wildman–Crippen MR) is 290 cm³/mol. The number of ether oxygens (including phenoxy) is 1. The van der Waals surface area contributed by atoms with Gasteiger partial charge in [-0.25, -0.2) is 4.98 Å². The molecule has 0 radical (unpaired) electrons. The van der Waals surface area contributed by atoms with Crippen LogP contribution in [0, 0.1) is 18.8 Å². The fraction of sp³-hybridized carbons (Fsp3) is 0.156. The summed E-state index contributed by atoms with van der Waals surface area (Å²) in [6, 6.07) is 72.3. The molecular weight excluding hydrogens is 1050 g/mol. The quantitative estimate of drug-likeness (QED) is 0.135. The molecule has 71 heavy (non-hydrogen) atoms. The molecule has 1 aliphatic rings. The van der Waals surface area contributed by atoms with E-state index in [1.54, 1.807) is 0 Å². The van der Waals surface area contributed by atoms with E-state index in [0.717, 1.165) is 74.4 Å². The van der Waals surface area contributed by atoms with Crippen molar-refractivity contribution in [2.24, 2.45) is 0 Å². The number of aromatic nitrogens is 3. The first kappa shape index (κ1) is 46.0. The summed E-state index contributed by atoms with van der Waals surface area (Å²) in [5.41, 5.74) is 14.9. The number of benzene rings is 8. The van der Waals surface area contributed by atoms with Crippen molar-refractivity contribution in [2.45, 2.75) is 58.8 Å². The van der Waals surface area contributed by atoms with Gasteiger partial charge in [0.25, 0.3) is 0 Å². The van der Waals surface area contributed by atoms with Crippen LogP contribution in [0.25, 0.3) is 66.2 Å². The van der Waals surface area contributed by atoms with E-state index in [1.807, 2.05) is 24.4 Å². The second-order valence-electron chi connectivity index (χ2n) is 20.5. The molecule has 1 aliphatic heterocycles. The van der Waals surface area contributed by atoms with E-state index >= 15 is 0 Å². The normalized spacial score (nSPS) is 12.8. The maximum atomic E-state index is 6.78. The fourth-order valence-corrected chi connectivity index (χ4v) is 10.3. The molecule has 7 heteroatoms. The standard InChI is InChI=1S/C64H54N5O.Pt/c1-63(2,3)45-30-32-50(43-18-8-7-9-19-43)44(38-45)35-37-66-42-67(57-27-15-14-26-56(57)66)47-20-16-21-48(40-47)70-49-31-33-53-60(41-49)69(61-39-46(34-36-65-61)64(4,5)6)59-29-17-28-58(62(53)59)68-54-24-12-10-22-51(54)52-23-11-13-25-55(52)68;/h7-34,36,38-39,42H,35,37H2,1-6H3;/q-3;. The van der Waals surface area contributed by atoms with E-state index in [4.69, 9.17) is 9.72 Å². The minimum atomic E-state index is -0.0717. The Morgan fingerprint density at radius 1 is 0.535 bits per heavy atom. The van der Waals surface area contributed by atoms with Gasteiger partial charge in [-0.15, -0.1) is 36.0 Å². The first-order valence-corrected chi connectivity index (χ1v) is 24.3. The molecule has 4 heterocycles. The molecule has 0 saturated carbocycles. The van der Waals surface area contributed by atoms with Crippen molar-refractivity contribution >= 4 is 60.7 Å². The van der Waals surface area contributed by atoms with Gasteiger partial charge in [0.05, 0.1) is 11.0 Å². The van der Waals surface area contributed by atoms with Crippen LogP contribution in [0.5, 0.6) is 11.5 Å². The molecule has 354 valence electrons. The second-order valence-corrected chi connectivity index (χ2v) is 20.5. The third kappa shape index (κ3) is 8.28. The Balaban J connectivity index is 0.00000547. The summed E-state index contributed by atoms with van der Waals surface area (Å²) in [6.45, 7) is 16.6. The van der Waals surface area contributed by atoms with Gasteiger partial charge in [0.15, 0.2) is 0 Å².